The molecule has 0 bridgehead atoms. The van der Waals surface area contributed by atoms with E-state index in [2.05, 4.69) is 5.32 Å². The van der Waals surface area contributed by atoms with Crippen molar-refractivity contribution >= 4 is 11.6 Å². The molecular weight excluding hydrogens is 269 g/mol. The molecule has 0 spiro atoms. The van der Waals surface area contributed by atoms with Gasteiger partial charge in [-0.15, -0.1) is 0 Å². The highest BCUT2D eigenvalue weighted by Gasteiger charge is 2.07. The van der Waals surface area contributed by atoms with Crippen LogP contribution in [0.5, 0.6) is 5.75 Å². The molecule has 2 aromatic carbocycles. The lowest BCUT2D eigenvalue weighted by atomic mass is 10.1. The van der Waals surface area contributed by atoms with Gasteiger partial charge in [-0.25, -0.2) is 4.39 Å². The molecule has 0 atom stereocenters. The van der Waals surface area contributed by atoms with Crippen molar-refractivity contribution in [3.63, 3.8) is 0 Å². The minimum atomic E-state index is -0.344. The summed E-state index contributed by atoms with van der Waals surface area (Å²) in [7, 11) is 0. The van der Waals surface area contributed by atoms with E-state index in [4.69, 9.17) is 4.74 Å². The molecule has 2 rings (SSSR count). The fourth-order valence-electron chi connectivity index (χ4n) is 1.89. The first-order chi connectivity index (χ1) is 9.97. The van der Waals surface area contributed by atoms with Gasteiger partial charge < -0.3 is 10.1 Å². The number of halogens is 1. The second kappa shape index (κ2) is 6.39. The highest BCUT2D eigenvalue weighted by molar-refractivity contribution is 5.91. The monoisotopic (exact) mass is 287 g/mol. The van der Waals surface area contributed by atoms with Crippen LogP contribution < -0.4 is 10.1 Å². The lowest BCUT2D eigenvalue weighted by Gasteiger charge is -2.11. The molecule has 3 nitrogen and oxygen atoms in total. The average Bonchev–Trinajstić information content (AvgIpc) is 2.44. The molecule has 0 saturated heterocycles. The zero-order chi connectivity index (χ0) is 15.4. The Kier molecular flexibility index (Phi) is 4.58. The van der Waals surface area contributed by atoms with Gasteiger partial charge in [0.15, 0.2) is 6.61 Å². The maximum Gasteiger partial charge on any atom is 0.262 e. The molecule has 0 aliphatic rings. The van der Waals surface area contributed by atoms with Gasteiger partial charge in [0.1, 0.15) is 11.6 Å². The minimum absolute atomic E-state index is 0.111. The van der Waals surface area contributed by atoms with Gasteiger partial charge in [-0.2, -0.15) is 0 Å². The third-order valence-corrected chi connectivity index (χ3v) is 3.37. The number of carbonyl (C=O) groups excluding carboxylic acids is 1. The van der Waals surface area contributed by atoms with Gasteiger partial charge in [0.2, 0.25) is 0 Å². The third-order valence-electron chi connectivity index (χ3n) is 3.37. The number of hydrogen-bond acceptors (Lipinski definition) is 2. The van der Waals surface area contributed by atoms with Crippen molar-refractivity contribution in [2.45, 2.75) is 20.8 Å². The van der Waals surface area contributed by atoms with Crippen LogP contribution >= 0.6 is 0 Å². The summed E-state index contributed by atoms with van der Waals surface area (Å²) in [5.41, 5.74) is 3.08. The molecule has 0 aliphatic carbocycles. The number of nitrogens with one attached hydrogen (secondary N) is 1. The van der Waals surface area contributed by atoms with E-state index < -0.39 is 0 Å². The van der Waals surface area contributed by atoms with Gasteiger partial charge in [0.25, 0.3) is 5.91 Å². The molecule has 0 unspecified atom stereocenters. The van der Waals surface area contributed by atoms with Crippen LogP contribution in [-0.2, 0) is 4.79 Å². The summed E-state index contributed by atoms with van der Waals surface area (Å²) >= 11 is 0. The Morgan fingerprint density at radius 3 is 2.62 bits per heavy atom. The van der Waals surface area contributed by atoms with Crippen LogP contribution in [0.25, 0.3) is 0 Å². The SMILES string of the molecule is Cc1ccc(NC(=O)COc2cccc(C)c2C)cc1F. The molecule has 0 aliphatic heterocycles. The quantitative estimate of drug-likeness (QED) is 0.929. The fourth-order valence-corrected chi connectivity index (χ4v) is 1.89. The van der Waals surface area contributed by atoms with Gasteiger partial charge in [-0.3, -0.25) is 4.79 Å². The highest BCUT2D eigenvalue weighted by atomic mass is 19.1. The van der Waals surface area contributed by atoms with Crippen LogP contribution in [0, 0.1) is 26.6 Å². The largest absolute Gasteiger partial charge is 0.483 e. The van der Waals surface area contributed by atoms with E-state index in [1.54, 1.807) is 19.1 Å². The van der Waals surface area contributed by atoms with Gasteiger partial charge in [0, 0.05) is 5.69 Å². The third kappa shape index (κ3) is 3.81. The summed E-state index contributed by atoms with van der Waals surface area (Å²) in [6.07, 6.45) is 0. The van der Waals surface area contributed by atoms with E-state index in [-0.39, 0.29) is 18.3 Å². The first kappa shape index (κ1) is 15.0. The van der Waals surface area contributed by atoms with Gasteiger partial charge >= 0.3 is 0 Å². The highest BCUT2D eigenvalue weighted by Crippen LogP contribution is 2.20. The van der Waals surface area contributed by atoms with Gasteiger partial charge in [0.05, 0.1) is 0 Å². The molecule has 1 amide bonds. The standard InChI is InChI=1S/C17H18FNO2/c1-11-5-4-6-16(13(11)3)21-10-17(20)19-14-8-7-12(2)15(18)9-14/h4-9H,10H2,1-3H3,(H,19,20). The van der Waals surface area contributed by atoms with Gasteiger partial charge in [-0.1, -0.05) is 18.2 Å². The van der Waals surface area contributed by atoms with E-state index in [0.717, 1.165) is 11.1 Å². The maximum atomic E-state index is 13.4. The first-order valence-electron chi connectivity index (χ1n) is 6.72. The van der Waals surface area contributed by atoms with E-state index in [1.165, 1.54) is 6.07 Å². The number of amides is 1. The molecule has 110 valence electrons. The second-order valence-electron chi connectivity index (χ2n) is 5.00. The van der Waals surface area contributed by atoms with E-state index >= 15 is 0 Å². The van der Waals surface area contributed by atoms with Crippen molar-refractivity contribution in [2.24, 2.45) is 0 Å². The number of anilines is 1. The van der Waals surface area contributed by atoms with Crippen LogP contribution in [0.4, 0.5) is 10.1 Å². The molecule has 0 heterocycles. The smallest absolute Gasteiger partial charge is 0.262 e. The second-order valence-corrected chi connectivity index (χ2v) is 5.00. The molecule has 0 aromatic heterocycles. The zero-order valence-electron chi connectivity index (χ0n) is 12.4. The lowest BCUT2D eigenvalue weighted by Crippen LogP contribution is -2.20. The van der Waals surface area contributed by atoms with Crippen LogP contribution in [0.1, 0.15) is 16.7 Å². The Hall–Kier alpha value is -2.36. The van der Waals surface area contributed by atoms with Crippen LogP contribution in [0.15, 0.2) is 36.4 Å². The van der Waals surface area contributed by atoms with Gasteiger partial charge in [-0.05, 0) is 55.7 Å². The predicted molar refractivity (Wildman–Crippen MR) is 81.2 cm³/mol. The Morgan fingerprint density at radius 1 is 1.14 bits per heavy atom. The number of hydrogen-bond donors (Lipinski definition) is 1. The summed E-state index contributed by atoms with van der Waals surface area (Å²) < 4.78 is 18.9. The van der Waals surface area contributed by atoms with E-state index in [9.17, 15) is 9.18 Å². The molecule has 2 aromatic rings. The molecule has 4 heteroatoms. The van der Waals surface area contributed by atoms with Crippen molar-refractivity contribution in [3.05, 3.63) is 58.9 Å². The van der Waals surface area contributed by atoms with Crippen LogP contribution in [0.3, 0.4) is 0 Å². The molecular formula is C17H18FNO2. The number of aryl methyl sites for hydroxylation is 2. The molecule has 1 N–H and O–H groups in total. The van der Waals surface area contributed by atoms with Crippen molar-refractivity contribution < 1.29 is 13.9 Å². The maximum absolute atomic E-state index is 13.4. The summed E-state index contributed by atoms with van der Waals surface area (Å²) in [6, 6.07) is 10.3. The average molecular weight is 287 g/mol. The van der Waals surface area contributed by atoms with Crippen molar-refractivity contribution in [1.82, 2.24) is 0 Å². The number of ether oxygens (including phenoxy) is 1. The zero-order valence-corrected chi connectivity index (χ0v) is 12.4. The number of carbonyl (C=O) groups is 1. The topological polar surface area (TPSA) is 38.3 Å². The molecule has 0 radical (unpaired) electrons. The van der Waals surface area contributed by atoms with Crippen molar-refractivity contribution in [2.75, 3.05) is 11.9 Å². The Morgan fingerprint density at radius 2 is 1.90 bits per heavy atom. The normalized spacial score (nSPS) is 10.3. The van der Waals surface area contributed by atoms with Crippen molar-refractivity contribution in [3.8, 4) is 5.75 Å². The summed E-state index contributed by atoms with van der Waals surface area (Å²) in [6.45, 7) is 5.49. The fraction of sp³-hybridized carbons (Fsp3) is 0.235. The molecule has 21 heavy (non-hydrogen) atoms. The minimum Gasteiger partial charge on any atom is -0.483 e. The lowest BCUT2D eigenvalue weighted by molar-refractivity contribution is -0.118. The first-order valence-corrected chi connectivity index (χ1v) is 6.72. The summed E-state index contributed by atoms with van der Waals surface area (Å²) in [5, 5.41) is 2.61. The molecule has 0 fully saturated rings. The summed E-state index contributed by atoms with van der Waals surface area (Å²) in [4.78, 5) is 11.8. The predicted octanol–water partition coefficient (Wildman–Crippen LogP) is 3.77. The Labute approximate surface area is 123 Å². The Balaban J connectivity index is 1.96. The molecule has 0 saturated carbocycles. The van der Waals surface area contributed by atoms with E-state index in [1.807, 2.05) is 32.0 Å². The summed E-state index contributed by atoms with van der Waals surface area (Å²) in [5.74, 6) is 0.0163. The number of benzene rings is 2. The van der Waals surface area contributed by atoms with Crippen LogP contribution in [-0.4, -0.2) is 12.5 Å². The van der Waals surface area contributed by atoms with Crippen LogP contribution in [0.2, 0.25) is 0 Å². The van der Waals surface area contributed by atoms with E-state index in [0.29, 0.717) is 17.0 Å². The van der Waals surface area contributed by atoms with Crippen molar-refractivity contribution in [1.29, 1.82) is 0 Å². The Bertz CT molecular complexity index is 668. The number of rotatable bonds is 4.